The number of ether oxygens (including phenoxy) is 7. The molecule has 2 fully saturated rings. The molecule has 3 atom stereocenters. The highest BCUT2D eigenvalue weighted by Crippen LogP contribution is 2.45. The van der Waals surface area contributed by atoms with Gasteiger partial charge in [0.05, 0.1) is 41.0 Å². The van der Waals surface area contributed by atoms with E-state index in [1.165, 1.54) is 0 Å². The van der Waals surface area contributed by atoms with Gasteiger partial charge in [-0.15, -0.1) is 6.58 Å². The molecule has 2 unspecified atom stereocenters. The van der Waals surface area contributed by atoms with Crippen LogP contribution in [0.2, 0.25) is 0 Å². The number of likely N-dealkylation sites (tertiary alicyclic amines) is 1. The molecular weight excluding hydrogens is 711 g/mol. The standard InChI is InChI=1S/C46H59NO9/c1-7-9-27-55-42-31-35(30-41(52-5)44(42)53-6)43(33-16-11-10-12-17-33)45(48)47-25-14-13-20-37(47)46(49)56-38(34-18-15-19-36(29-34)54-26-8-2)23-21-32-22-24-39(50-3)40(28-32)51-4/h7-8,15,18-19,22,24,28-31,33,37-38,43H,1-2,9-14,16-17,20-21,23,25-27H2,3-6H3/t37-,38?,43?/m1/s1. The number of hydrogen-bond donors (Lipinski definition) is 0. The molecule has 3 aromatic carbocycles. The van der Waals surface area contributed by atoms with Crippen molar-refractivity contribution in [3.63, 3.8) is 0 Å². The number of hydrogen-bond acceptors (Lipinski definition) is 9. The van der Waals surface area contributed by atoms with Gasteiger partial charge in [0.1, 0.15) is 24.5 Å². The second-order valence-electron chi connectivity index (χ2n) is 14.4. The summed E-state index contributed by atoms with van der Waals surface area (Å²) in [5.74, 6) is 2.56. The first-order valence-electron chi connectivity index (χ1n) is 19.9. The third-order valence-electron chi connectivity index (χ3n) is 10.9. The van der Waals surface area contributed by atoms with Crippen LogP contribution in [0.25, 0.3) is 0 Å². The second-order valence-corrected chi connectivity index (χ2v) is 14.4. The SMILES string of the molecule is C=CCCOc1cc(C(C(=O)N2CCCC[C@@H]2C(=O)OC(CCc2ccc(OC)c(OC)c2)c2cccc(OCC=C)c2)C2CCCCC2)cc(OC)c1OC. The summed E-state index contributed by atoms with van der Waals surface area (Å²) >= 11 is 0. The number of nitrogens with zero attached hydrogens (tertiary/aromatic N) is 1. The van der Waals surface area contributed by atoms with Crippen molar-refractivity contribution in [2.45, 2.75) is 88.7 Å². The molecule has 1 heterocycles. The van der Waals surface area contributed by atoms with Gasteiger partial charge in [0.15, 0.2) is 23.0 Å². The van der Waals surface area contributed by atoms with Crippen LogP contribution in [0.1, 0.15) is 92.9 Å². The lowest BCUT2D eigenvalue weighted by atomic mass is 9.75. The number of rotatable bonds is 20. The van der Waals surface area contributed by atoms with Gasteiger partial charge in [-0.25, -0.2) is 4.79 Å². The highest BCUT2D eigenvalue weighted by molar-refractivity contribution is 5.89. The Morgan fingerprint density at radius 1 is 0.768 bits per heavy atom. The summed E-state index contributed by atoms with van der Waals surface area (Å²) in [6.07, 6.45) is 11.9. The summed E-state index contributed by atoms with van der Waals surface area (Å²) in [7, 11) is 6.39. The smallest absolute Gasteiger partial charge is 0.329 e. The predicted molar refractivity (Wildman–Crippen MR) is 217 cm³/mol. The number of methoxy groups -OCH3 is 4. The minimum atomic E-state index is -0.727. The van der Waals surface area contributed by atoms with E-state index in [9.17, 15) is 4.79 Å². The van der Waals surface area contributed by atoms with Crippen LogP contribution in [0.3, 0.4) is 0 Å². The summed E-state index contributed by atoms with van der Waals surface area (Å²) in [5, 5.41) is 0. The van der Waals surface area contributed by atoms with Crippen LogP contribution in [0.4, 0.5) is 0 Å². The summed E-state index contributed by atoms with van der Waals surface area (Å²) < 4.78 is 41.0. The fraction of sp³-hybridized carbons (Fsp3) is 0.478. The quantitative estimate of drug-likeness (QED) is 0.0633. The highest BCUT2D eigenvalue weighted by atomic mass is 16.5. The zero-order valence-corrected chi connectivity index (χ0v) is 33.6. The first-order chi connectivity index (χ1) is 27.3. The monoisotopic (exact) mass is 769 g/mol. The molecule has 1 saturated heterocycles. The van der Waals surface area contributed by atoms with Crippen LogP contribution < -0.4 is 28.4 Å². The lowest BCUT2D eigenvalue weighted by molar-refractivity contribution is -0.163. The average molecular weight is 770 g/mol. The number of esters is 1. The molecule has 302 valence electrons. The summed E-state index contributed by atoms with van der Waals surface area (Å²) in [4.78, 5) is 31.4. The third kappa shape index (κ3) is 10.6. The number of benzene rings is 3. The fourth-order valence-corrected chi connectivity index (χ4v) is 8.00. The molecule has 1 amide bonds. The van der Waals surface area contributed by atoms with Crippen LogP contribution in [0.5, 0.6) is 34.5 Å². The van der Waals surface area contributed by atoms with E-state index in [-0.39, 0.29) is 11.8 Å². The molecular formula is C46H59NO9. The van der Waals surface area contributed by atoms with Gasteiger partial charge in [0, 0.05) is 6.54 Å². The minimum Gasteiger partial charge on any atom is -0.493 e. The molecule has 1 saturated carbocycles. The number of piperidine rings is 1. The summed E-state index contributed by atoms with van der Waals surface area (Å²) in [6, 6.07) is 16.5. The van der Waals surface area contributed by atoms with Crippen LogP contribution in [0, 0.1) is 5.92 Å². The molecule has 10 heteroatoms. The minimum absolute atomic E-state index is 0.0653. The van der Waals surface area contributed by atoms with Crippen molar-refractivity contribution in [3.8, 4) is 34.5 Å². The zero-order chi connectivity index (χ0) is 39.9. The lowest BCUT2D eigenvalue weighted by Gasteiger charge is -2.40. The Bertz CT molecular complexity index is 1770. The van der Waals surface area contributed by atoms with E-state index in [2.05, 4.69) is 13.2 Å². The molecule has 1 aliphatic carbocycles. The maximum atomic E-state index is 15.1. The summed E-state index contributed by atoms with van der Waals surface area (Å²) in [6.45, 7) is 8.81. The highest BCUT2D eigenvalue weighted by Gasteiger charge is 2.41. The van der Waals surface area contributed by atoms with Crippen LogP contribution >= 0.6 is 0 Å². The van der Waals surface area contributed by atoms with Gasteiger partial charge in [-0.1, -0.05) is 56.2 Å². The van der Waals surface area contributed by atoms with Gasteiger partial charge in [0.2, 0.25) is 11.7 Å². The van der Waals surface area contributed by atoms with Crippen LogP contribution in [-0.2, 0) is 20.7 Å². The maximum Gasteiger partial charge on any atom is 0.329 e. The molecule has 1 aliphatic heterocycles. The van der Waals surface area contributed by atoms with E-state index >= 15 is 4.79 Å². The normalized spacial score (nSPS) is 16.9. The second kappa shape index (κ2) is 21.3. The molecule has 56 heavy (non-hydrogen) atoms. The van der Waals surface area contributed by atoms with E-state index in [4.69, 9.17) is 33.2 Å². The molecule has 0 aromatic heterocycles. The molecule has 0 spiro atoms. The van der Waals surface area contributed by atoms with Gasteiger partial charge in [-0.3, -0.25) is 4.79 Å². The number of aryl methyl sites for hydroxylation is 1. The zero-order valence-electron chi connectivity index (χ0n) is 33.6. The maximum absolute atomic E-state index is 15.1. The number of carbonyl (C=O) groups excluding carboxylic acids is 2. The van der Waals surface area contributed by atoms with Crippen molar-refractivity contribution in [3.05, 3.63) is 96.6 Å². The molecule has 0 radical (unpaired) electrons. The van der Waals surface area contributed by atoms with Gasteiger partial charge < -0.3 is 38.1 Å². The average Bonchev–Trinajstić information content (AvgIpc) is 3.24. The Balaban J connectivity index is 1.46. The fourth-order valence-electron chi connectivity index (χ4n) is 8.00. The molecule has 3 aromatic rings. The van der Waals surface area contributed by atoms with Crippen LogP contribution in [0.15, 0.2) is 79.9 Å². The van der Waals surface area contributed by atoms with Crippen molar-refractivity contribution in [2.24, 2.45) is 5.92 Å². The predicted octanol–water partition coefficient (Wildman–Crippen LogP) is 9.20. The van der Waals surface area contributed by atoms with Crippen molar-refractivity contribution in [1.82, 2.24) is 4.90 Å². The van der Waals surface area contributed by atoms with Crippen molar-refractivity contribution < 1.29 is 42.7 Å². The Morgan fingerprint density at radius 2 is 1.52 bits per heavy atom. The summed E-state index contributed by atoms with van der Waals surface area (Å²) in [5.41, 5.74) is 2.62. The van der Waals surface area contributed by atoms with E-state index in [1.807, 2.05) is 54.6 Å². The van der Waals surface area contributed by atoms with Gasteiger partial charge in [-0.05, 0) is 110 Å². The van der Waals surface area contributed by atoms with E-state index in [0.29, 0.717) is 79.9 Å². The lowest BCUT2D eigenvalue weighted by Crippen LogP contribution is -2.51. The topological polar surface area (TPSA) is 102 Å². The van der Waals surface area contributed by atoms with Gasteiger partial charge in [-0.2, -0.15) is 0 Å². The third-order valence-corrected chi connectivity index (χ3v) is 10.9. The first kappa shape index (κ1) is 42.0. The largest absolute Gasteiger partial charge is 0.493 e. The van der Waals surface area contributed by atoms with E-state index < -0.39 is 24.0 Å². The molecule has 10 nitrogen and oxygen atoms in total. The van der Waals surface area contributed by atoms with Crippen molar-refractivity contribution in [2.75, 3.05) is 48.2 Å². The van der Waals surface area contributed by atoms with Gasteiger partial charge in [0.25, 0.3) is 0 Å². The number of carbonyl (C=O) groups is 2. The Kier molecular flexibility index (Phi) is 16.0. The van der Waals surface area contributed by atoms with Crippen LogP contribution in [-0.4, -0.2) is 71.0 Å². The van der Waals surface area contributed by atoms with Gasteiger partial charge >= 0.3 is 5.97 Å². The van der Waals surface area contributed by atoms with E-state index in [1.54, 1.807) is 45.5 Å². The molecule has 0 N–H and O–H groups in total. The van der Waals surface area contributed by atoms with Crippen molar-refractivity contribution in [1.29, 1.82) is 0 Å². The first-order valence-corrected chi connectivity index (χ1v) is 19.9. The Morgan fingerprint density at radius 3 is 2.23 bits per heavy atom. The molecule has 0 bridgehead atoms. The number of amides is 1. The Hall–Kier alpha value is -5.12. The molecule has 2 aliphatic rings. The van der Waals surface area contributed by atoms with E-state index in [0.717, 1.165) is 61.6 Å². The Labute approximate surface area is 332 Å². The van der Waals surface area contributed by atoms with Crippen molar-refractivity contribution >= 4 is 11.9 Å². The molecule has 5 rings (SSSR count).